The lowest BCUT2D eigenvalue weighted by Gasteiger charge is -2.19. The van der Waals surface area contributed by atoms with Crippen molar-refractivity contribution in [3.05, 3.63) is 53.1 Å². The van der Waals surface area contributed by atoms with E-state index < -0.39 is 11.6 Å². The smallest absolute Gasteiger partial charge is 0.135 e. The van der Waals surface area contributed by atoms with Crippen LogP contribution < -0.4 is 5.32 Å². The van der Waals surface area contributed by atoms with Crippen molar-refractivity contribution < 1.29 is 8.78 Å². The van der Waals surface area contributed by atoms with Crippen LogP contribution in [0, 0.1) is 11.6 Å². The zero-order valence-corrected chi connectivity index (χ0v) is 9.93. The van der Waals surface area contributed by atoms with E-state index >= 15 is 0 Å². The molecule has 0 aliphatic carbocycles. The lowest BCUT2D eigenvalue weighted by atomic mass is 9.94. The molecule has 0 fully saturated rings. The van der Waals surface area contributed by atoms with Crippen molar-refractivity contribution in [1.29, 1.82) is 0 Å². The fourth-order valence-electron chi connectivity index (χ4n) is 1.96. The summed E-state index contributed by atoms with van der Waals surface area (Å²) >= 11 is 0. The van der Waals surface area contributed by atoms with Crippen molar-refractivity contribution in [1.82, 2.24) is 5.32 Å². The van der Waals surface area contributed by atoms with Crippen LogP contribution in [0.15, 0.2) is 30.4 Å². The van der Waals surface area contributed by atoms with Gasteiger partial charge in [0, 0.05) is 23.9 Å². The molecule has 1 aromatic carbocycles. The molecule has 0 saturated heterocycles. The third-order valence-corrected chi connectivity index (χ3v) is 2.79. The normalized spacial score (nSPS) is 14.8. The molecule has 3 heteroatoms. The summed E-state index contributed by atoms with van der Waals surface area (Å²) in [5.41, 5.74) is 1.89. The molecular formula is C14H15F2N. The number of hydrogen-bond donors (Lipinski definition) is 1. The Morgan fingerprint density at radius 1 is 1.24 bits per heavy atom. The summed E-state index contributed by atoms with van der Waals surface area (Å²) < 4.78 is 27.2. The van der Waals surface area contributed by atoms with Gasteiger partial charge in [0.2, 0.25) is 0 Å². The van der Waals surface area contributed by atoms with Crippen LogP contribution in [0.2, 0.25) is 0 Å². The largest absolute Gasteiger partial charge is 0.381 e. The van der Waals surface area contributed by atoms with E-state index in [0.29, 0.717) is 23.4 Å². The van der Waals surface area contributed by atoms with Crippen molar-refractivity contribution in [3.63, 3.8) is 0 Å². The summed E-state index contributed by atoms with van der Waals surface area (Å²) in [6.45, 7) is 4.52. The van der Waals surface area contributed by atoms with E-state index in [0.717, 1.165) is 6.07 Å². The number of hydrogen-bond acceptors (Lipinski definition) is 1. The molecule has 0 radical (unpaired) electrons. The first-order chi connectivity index (χ1) is 8.09. The Hall–Kier alpha value is -1.64. The number of nitrogens with one attached hydrogen (secondary N) is 1. The number of dihydropyridines is 1. The highest BCUT2D eigenvalue weighted by Crippen LogP contribution is 2.28. The molecule has 0 spiro atoms. The second kappa shape index (κ2) is 4.70. The van der Waals surface area contributed by atoms with Gasteiger partial charge in [-0.3, -0.25) is 0 Å². The van der Waals surface area contributed by atoms with Gasteiger partial charge in [-0.25, -0.2) is 8.78 Å². The average molecular weight is 235 g/mol. The Balaban J connectivity index is 2.58. The maximum Gasteiger partial charge on any atom is 0.135 e. The standard InChI is InChI=1S/C14H15F2N/c1-9(2)11-7-10(15)8-12(16)14(11)13-5-3-4-6-17-13/h3-5,7-9,17H,6H2,1-2H3. The lowest BCUT2D eigenvalue weighted by molar-refractivity contribution is 0.573. The number of benzene rings is 1. The predicted octanol–water partition coefficient (Wildman–Crippen LogP) is 3.59. The van der Waals surface area contributed by atoms with Crippen molar-refractivity contribution in [2.45, 2.75) is 19.8 Å². The summed E-state index contributed by atoms with van der Waals surface area (Å²) in [7, 11) is 0. The van der Waals surface area contributed by atoms with Gasteiger partial charge in [0.1, 0.15) is 11.6 Å². The molecule has 0 bridgehead atoms. The minimum absolute atomic E-state index is 0.0730. The van der Waals surface area contributed by atoms with Crippen molar-refractivity contribution >= 4 is 5.70 Å². The van der Waals surface area contributed by atoms with E-state index in [1.54, 1.807) is 0 Å². The molecule has 2 rings (SSSR count). The molecule has 1 aliphatic rings. The van der Waals surface area contributed by atoms with Gasteiger partial charge in [0.25, 0.3) is 0 Å². The topological polar surface area (TPSA) is 12.0 Å². The first-order valence-corrected chi connectivity index (χ1v) is 5.69. The van der Waals surface area contributed by atoms with Crippen LogP contribution in [-0.4, -0.2) is 6.54 Å². The van der Waals surface area contributed by atoms with Crippen LogP contribution in [0.5, 0.6) is 0 Å². The maximum atomic E-state index is 13.9. The molecule has 1 nitrogen and oxygen atoms in total. The average Bonchev–Trinajstić information content (AvgIpc) is 2.29. The van der Waals surface area contributed by atoms with Crippen LogP contribution in [-0.2, 0) is 0 Å². The fourth-order valence-corrected chi connectivity index (χ4v) is 1.96. The summed E-state index contributed by atoms with van der Waals surface area (Å²) in [5.74, 6) is -0.964. The highest BCUT2D eigenvalue weighted by Gasteiger charge is 2.17. The zero-order valence-electron chi connectivity index (χ0n) is 9.93. The number of rotatable bonds is 2. The highest BCUT2D eigenvalue weighted by molar-refractivity contribution is 5.70. The molecule has 1 heterocycles. The molecule has 1 aliphatic heterocycles. The van der Waals surface area contributed by atoms with E-state index in [4.69, 9.17) is 0 Å². The van der Waals surface area contributed by atoms with Crippen molar-refractivity contribution in [2.75, 3.05) is 6.54 Å². The number of allylic oxidation sites excluding steroid dienone is 2. The molecule has 1 aromatic rings. The molecule has 0 saturated carbocycles. The van der Waals surface area contributed by atoms with Crippen LogP contribution >= 0.6 is 0 Å². The minimum atomic E-state index is -0.526. The van der Waals surface area contributed by atoms with Gasteiger partial charge in [-0.05, 0) is 23.6 Å². The fraction of sp³-hybridized carbons (Fsp3) is 0.286. The number of halogens is 2. The van der Waals surface area contributed by atoms with Crippen LogP contribution in [0.3, 0.4) is 0 Å². The zero-order chi connectivity index (χ0) is 12.4. The van der Waals surface area contributed by atoms with Gasteiger partial charge in [0.05, 0.1) is 0 Å². The molecule has 0 atom stereocenters. The highest BCUT2D eigenvalue weighted by atomic mass is 19.1. The van der Waals surface area contributed by atoms with Crippen molar-refractivity contribution in [3.8, 4) is 0 Å². The third-order valence-electron chi connectivity index (χ3n) is 2.79. The Morgan fingerprint density at radius 3 is 2.59 bits per heavy atom. The first-order valence-electron chi connectivity index (χ1n) is 5.69. The molecule has 0 unspecified atom stereocenters. The Kier molecular flexibility index (Phi) is 3.27. The SMILES string of the molecule is CC(C)c1cc(F)cc(F)c1C1=CC=CCN1. The molecule has 90 valence electrons. The van der Waals surface area contributed by atoms with Gasteiger partial charge >= 0.3 is 0 Å². The van der Waals surface area contributed by atoms with Gasteiger partial charge in [0.15, 0.2) is 0 Å². The Morgan fingerprint density at radius 2 is 2.00 bits per heavy atom. The molecular weight excluding hydrogens is 220 g/mol. The Bertz CT molecular complexity index is 487. The van der Waals surface area contributed by atoms with Crippen LogP contribution in [0.25, 0.3) is 5.70 Å². The monoisotopic (exact) mass is 235 g/mol. The molecule has 0 aromatic heterocycles. The predicted molar refractivity (Wildman–Crippen MR) is 65.6 cm³/mol. The van der Waals surface area contributed by atoms with Crippen molar-refractivity contribution in [2.24, 2.45) is 0 Å². The van der Waals surface area contributed by atoms with Crippen LogP contribution in [0.4, 0.5) is 8.78 Å². The summed E-state index contributed by atoms with van der Waals surface area (Å²) in [6, 6.07) is 2.34. The Labute approximate surface area is 99.8 Å². The summed E-state index contributed by atoms with van der Waals surface area (Å²) in [6.07, 6.45) is 5.63. The van der Waals surface area contributed by atoms with E-state index in [1.165, 1.54) is 6.07 Å². The van der Waals surface area contributed by atoms with Gasteiger partial charge in [-0.2, -0.15) is 0 Å². The van der Waals surface area contributed by atoms with Gasteiger partial charge < -0.3 is 5.32 Å². The molecule has 17 heavy (non-hydrogen) atoms. The second-order valence-corrected chi connectivity index (χ2v) is 4.40. The molecule has 0 amide bonds. The van der Waals surface area contributed by atoms with E-state index in [1.807, 2.05) is 32.1 Å². The van der Waals surface area contributed by atoms with E-state index in [9.17, 15) is 8.78 Å². The molecule has 1 N–H and O–H groups in total. The van der Waals surface area contributed by atoms with Gasteiger partial charge in [-0.1, -0.05) is 26.0 Å². The minimum Gasteiger partial charge on any atom is -0.381 e. The second-order valence-electron chi connectivity index (χ2n) is 4.40. The lowest BCUT2D eigenvalue weighted by Crippen LogP contribution is -2.17. The van der Waals surface area contributed by atoms with E-state index in [2.05, 4.69) is 5.32 Å². The maximum absolute atomic E-state index is 13.9. The first kappa shape index (κ1) is 11.8. The third kappa shape index (κ3) is 2.38. The summed E-state index contributed by atoms with van der Waals surface area (Å²) in [4.78, 5) is 0. The van der Waals surface area contributed by atoms with Gasteiger partial charge in [-0.15, -0.1) is 0 Å². The summed E-state index contributed by atoms with van der Waals surface area (Å²) in [5, 5.41) is 3.10. The van der Waals surface area contributed by atoms with E-state index in [-0.39, 0.29) is 5.92 Å². The quantitative estimate of drug-likeness (QED) is 0.826. The van der Waals surface area contributed by atoms with Crippen LogP contribution in [0.1, 0.15) is 30.9 Å².